The van der Waals surface area contributed by atoms with Gasteiger partial charge in [0.15, 0.2) is 0 Å². The Bertz CT molecular complexity index is 318. The molecule has 0 saturated heterocycles. The molecule has 104 valence electrons. The minimum absolute atomic E-state index is 0.272. The van der Waals surface area contributed by atoms with Gasteiger partial charge in [-0.25, -0.2) is 0 Å². The van der Waals surface area contributed by atoms with Crippen LogP contribution in [0.1, 0.15) is 66.7 Å². The van der Waals surface area contributed by atoms with Crippen molar-refractivity contribution in [2.45, 2.75) is 66.7 Å². The van der Waals surface area contributed by atoms with Gasteiger partial charge in [0.2, 0.25) is 0 Å². The molecule has 0 amide bonds. The number of aldehydes is 1. The molecule has 0 heterocycles. The molecule has 1 heteroatoms. The van der Waals surface area contributed by atoms with Gasteiger partial charge in [-0.3, -0.25) is 0 Å². The first kappa shape index (κ1) is 14.1. The van der Waals surface area contributed by atoms with Crippen molar-refractivity contribution in [3.05, 3.63) is 0 Å². The van der Waals surface area contributed by atoms with Crippen LogP contribution in [0.2, 0.25) is 0 Å². The maximum absolute atomic E-state index is 11.4. The van der Waals surface area contributed by atoms with Crippen LogP contribution in [0.3, 0.4) is 0 Å². The second-order valence-corrected chi connectivity index (χ2v) is 8.08. The summed E-state index contributed by atoms with van der Waals surface area (Å²) in [4.78, 5) is 11.4. The fourth-order valence-electron chi connectivity index (χ4n) is 4.97. The fraction of sp³-hybridized carbons (Fsp3) is 0.941. The second-order valence-electron chi connectivity index (χ2n) is 8.08. The quantitative estimate of drug-likeness (QED) is 0.646. The van der Waals surface area contributed by atoms with Crippen molar-refractivity contribution < 1.29 is 4.79 Å². The maximum atomic E-state index is 11.4. The molecule has 2 fully saturated rings. The SMILES string of the molecule is CC(C)CC(C=O)CC1(C)C2CCC(C2)C1(C)C. The van der Waals surface area contributed by atoms with Crippen LogP contribution in [0.4, 0.5) is 0 Å². The fourth-order valence-corrected chi connectivity index (χ4v) is 4.97. The van der Waals surface area contributed by atoms with E-state index in [-0.39, 0.29) is 5.92 Å². The monoisotopic (exact) mass is 250 g/mol. The van der Waals surface area contributed by atoms with Gasteiger partial charge in [-0.2, -0.15) is 0 Å². The van der Waals surface area contributed by atoms with Crippen molar-refractivity contribution >= 4 is 6.29 Å². The third kappa shape index (κ3) is 2.04. The van der Waals surface area contributed by atoms with Crippen LogP contribution in [0, 0.1) is 34.5 Å². The molecule has 0 aromatic carbocycles. The molecule has 2 aliphatic carbocycles. The van der Waals surface area contributed by atoms with E-state index in [1.165, 1.54) is 25.5 Å². The van der Waals surface area contributed by atoms with Crippen LogP contribution in [0.15, 0.2) is 0 Å². The number of carbonyl (C=O) groups excluding carboxylic acids is 1. The molecule has 1 nitrogen and oxygen atoms in total. The van der Waals surface area contributed by atoms with Crippen LogP contribution in [-0.2, 0) is 4.79 Å². The number of hydrogen-bond acceptors (Lipinski definition) is 1. The highest BCUT2D eigenvalue weighted by Crippen LogP contribution is 2.68. The van der Waals surface area contributed by atoms with Gasteiger partial charge in [-0.05, 0) is 60.7 Å². The summed E-state index contributed by atoms with van der Waals surface area (Å²) in [5, 5.41) is 0. The van der Waals surface area contributed by atoms with E-state index < -0.39 is 0 Å². The van der Waals surface area contributed by atoms with Crippen LogP contribution in [-0.4, -0.2) is 6.29 Å². The van der Waals surface area contributed by atoms with Crippen molar-refractivity contribution in [1.82, 2.24) is 0 Å². The topological polar surface area (TPSA) is 17.1 Å². The van der Waals surface area contributed by atoms with Gasteiger partial charge in [0, 0.05) is 5.92 Å². The molecule has 0 aromatic heterocycles. The van der Waals surface area contributed by atoms with E-state index in [2.05, 4.69) is 34.6 Å². The second kappa shape index (κ2) is 4.65. The standard InChI is InChI=1S/C17H30O/c1-12(2)8-13(11-18)10-17(5)15-7-6-14(9-15)16(17,3)4/h11-15H,6-10H2,1-5H3. The van der Waals surface area contributed by atoms with E-state index in [0.717, 1.165) is 24.7 Å². The Morgan fingerprint density at radius 2 is 1.78 bits per heavy atom. The summed E-state index contributed by atoms with van der Waals surface area (Å²) in [6, 6.07) is 0. The zero-order valence-electron chi connectivity index (χ0n) is 12.8. The van der Waals surface area contributed by atoms with Gasteiger partial charge in [-0.1, -0.05) is 34.6 Å². The molecule has 2 saturated carbocycles. The predicted octanol–water partition coefficient (Wildman–Crippen LogP) is 4.70. The van der Waals surface area contributed by atoms with E-state index >= 15 is 0 Å². The van der Waals surface area contributed by atoms with Crippen LogP contribution in [0.25, 0.3) is 0 Å². The van der Waals surface area contributed by atoms with E-state index in [1.807, 2.05) is 0 Å². The highest BCUT2D eigenvalue weighted by Gasteiger charge is 2.60. The predicted molar refractivity (Wildman–Crippen MR) is 76.3 cm³/mol. The van der Waals surface area contributed by atoms with Gasteiger partial charge in [0.05, 0.1) is 0 Å². The lowest BCUT2D eigenvalue weighted by molar-refractivity contribution is -0.114. The lowest BCUT2D eigenvalue weighted by Gasteiger charge is -2.49. The lowest BCUT2D eigenvalue weighted by Crippen LogP contribution is -2.42. The molecule has 4 unspecified atom stereocenters. The molecule has 0 N–H and O–H groups in total. The molecular formula is C17H30O. The van der Waals surface area contributed by atoms with Gasteiger partial charge in [0.25, 0.3) is 0 Å². The molecule has 2 bridgehead atoms. The summed E-state index contributed by atoms with van der Waals surface area (Å²) in [5.41, 5.74) is 0.810. The number of carbonyl (C=O) groups is 1. The van der Waals surface area contributed by atoms with E-state index in [0.29, 0.717) is 16.7 Å². The van der Waals surface area contributed by atoms with E-state index in [4.69, 9.17) is 0 Å². The van der Waals surface area contributed by atoms with Crippen LogP contribution >= 0.6 is 0 Å². The van der Waals surface area contributed by atoms with Gasteiger partial charge < -0.3 is 4.79 Å². The largest absolute Gasteiger partial charge is 0.303 e. The average molecular weight is 250 g/mol. The first-order valence-electron chi connectivity index (χ1n) is 7.76. The lowest BCUT2D eigenvalue weighted by atomic mass is 9.55. The summed E-state index contributed by atoms with van der Waals surface area (Å²) in [6.45, 7) is 11.8. The average Bonchev–Trinajstić information content (AvgIpc) is 2.81. The molecule has 18 heavy (non-hydrogen) atoms. The normalized spacial score (nSPS) is 39.2. The zero-order valence-corrected chi connectivity index (χ0v) is 12.8. The summed E-state index contributed by atoms with van der Waals surface area (Å²) < 4.78 is 0. The van der Waals surface area contributed by atoms with Gasteiger partial charge >= 0.3 is 0 Å². The number of hydrogen-bond donors (Lipinski definition) is 0. The van der Waals surface area contributed by atoms with Gasteiger partial charge in [0.1, 0.15) is 6.29 Å². The minimum atomic E-state index is 0.272. The summed E-state index contributed by atoms with van der Waals surface area (Å²) in [6.07, 6.45) is 7.64. The molecule has 0 aromatic rings. The third-order valence-electron chi connectivity index (χ3n) is 6.48. The Morgan fingerprint density at radius 3 is 2.22 bits per heavy atom. The van der Waals surface area contributed by atoms with Crippen LogP contribution < -0.4 is 0 Å². The Kier molecular flexibility index (Phi) is 3.64. The van der Waals surface area contributed by atoms with Crippen LogP contribution in [0.5, 0.6) is 0 Å². The Balaban J connectivity index is 2.13. The Hall–Kier alpha value is -0.330. The third-order valence-corrected chi connectivity index (χ3v) is 6.48. The number of rotatable bonds is 5. The molecule has 0 aliphatic heterocycles. The first-order valence-corrected chi connectivity index (χ1v) is 7.76. The number of fused-ring (bicyclic) bond motifs is 2. The van der Waals surface area contributed by atoms with Crippen molar-refractivity contribution in [2.75, 3.05) is 0 Å². The molecule has 2 rings (SSSR count). The Morgan fingerprint density at radius 1 is 1.17 bits per heavy atom. The smallest absolute Gasteiger partial charge is 0.123 e. The molecule has 0 spiro atoms. The summed E-state index contributed by atoms with van der Waals surface area (Å²) >= 11 is 0. The molecular weight excluding hydrogens is 220 g/mol. The minimum Gasteiger partial charge on any atom is -0.303 e. The summed E-state index contributed by atoms with van der Waals surface area (Å²) in [5.74, 6) is 2.67. The van der Waals surface area contributed by atoms with Crippen molar-refractivity contribution in [3.63, 3.8) is 0 Å². The molecule has 4 atom stereocenters. The molecule has 2 aliphatic rings. The van der Waals surface area contributed by atoms with E-state index in [1.54, 1.807) is 0 Å². The van der Waals surface area contributed by atoms with E-state index in [9.17, 15) is 4.79 Å². The van der Waals surface area contributed by atoms with Crippen molar-refractivity contribution in [2.24, 2.45) is 34.5 Å². The van der Waals surface area contributed by atoms with Crippen molar-refractivity contribution in [3.8, 4) is 0 Å². The zero-order chi connectivity index (χ0) is 13.6. The van der Waals surface area contributed by atoms with Gasteiger partial charge in [-0.15, -0.1) is 0 Å². The first-order chi connectivity index (χ1) is 8.31. The highest BCUT2D eigenvalue weighted by molar-refractivity contribution is 5.53. The highest BCUT2D eigenvalue weighted by atomic mass is 16.1. The van der Waals surface area contributed by atoms with Crippen molar-refractivity contribution in [1.29, 1.82) is 0 Å². The Labute approximate surface area is 113 Å². The summed E-state index contributed by atoms with van der Waals surface area (Å²) in [7, 11) is 0. The maximum Gasteiger partial charge on any atom is 0.123 e. The molecule has 0 radical (unpaired) electrons.